The molecule has 0 aliphatic carbocycles. The van der Waals surface area contributed by atoms with E-state index in [4.69, 9.17) is 0 Å². The second-order valence-electron chi connectivity index (χ2n) is 5.45. The molecule has 0 aliphatic heterocycles. The second-order valence-corrected chi connectivity index (χ2v) is 6.12. The van der Waals surface area contributed by atoms with Gasteiger partial charge in [-0.25, -0.2) is 0 Å². The quantitative estimate of drug-likeness (QED) is 0.659. The average molecular weight is 242 g/mol. The van der Waals surface area contributed by atoms with E-state index >= 15 is 0 Å². The molecule has 0 radical (unpaired) electrons. The Hall–Kier alpha value is -1.13. The van der Waals surface area contributed by atoms with Crippen molar-refractivity contribution in [3.63, 3.8) is 0 Å². The van der Waals surface area contributed by atoms with Gasteiger partial charge in [0.25, 0.3) is 0 Å². The predicted molar refractivity (Wildman–Crippen MR) is 79.9 cm³/mol. The Balaban J connectivity index is 2.36. The molecule has 0 saturated carbocycles. The lowest BCUT2D eigenvalue weighted by molar-refractivity contribution is 0.590. The minimum atomic E-state index is 0.223. The Bertz CT molecular complexity index is 504. The van der Waals surface area contributed by atoms with Crippen LogP contribution < -0.4 is 5.30 Å². The highest BCUT2D eigenvalue weighted by molar-refractivity contribution is 7.27. The summed E-state index contributed by atoms with van der Waals surface area (Å²) in [5.41, 5.74) is 4.16. The first kappa shape index (κ1) is 12.3. The number of rotatable bonds is 1. The van der Waals surface area contributed by atoms with Gasteiger partial charge < -0.3 is 0 Å². The summed E-state index contributed by atoms with van der Waals surface area (Å²) < 4.78 is 0. The number of benzene rings is 2. The molecule has 2 aromatic rings. The highest BCUT2D eigenvalue weighted by Crippen LogP contribution is 2.25. The predicted octanol–water partition coefficient (Wildman–Crippen LogP) is 4.15. The summed E-state index contributed by atoms with van der Waals surface area (Å²) >= 11 is 0. The van der Waals surface area contributed by atoms with Crippen molar-refractivity contribution in [1.82, 2.24) is 0 Å². The van der Waals surface area contributed by atoms with E-state index in [1.165, 1.54) is 22.0 Å². The van der Waals surface area contributed by atoms with Gasteiger partial charge in [0.05, 0.1) is 0 Å². The molecule has 0 aliphatic rings. The van der Waals surface area contributed by atoms with Crippen LogP contribution in [0.4, 0.5) is 0 Å². The molecule has 0 amide bonds. The molecule has 0 bridgehead atoms. The minimum Gasteiger partial charge on any atom is -0.106 e. The van der Waals surface area contributed by atoms with Crippen molar-refractivity contribution in [1.29, 1.82) is 0 Å². The molecule has 17 heavy (non-hydrogen) atoms. The molecular weight excluding hydrogens is 223 g/mol. The molecule has 1 atom stereocenters. The smallest absolute Gasteiger partial charge is 0.0132 e. The third-order valence-electron chi connectivity index (χ3n) is 2.97. The minimum absolute atomic E-state index is 0.223. The third-order valence-corrected chi connectivity index (χ3v) is 3.33. The Labute approximate surface area is 106 Å². The van der Waals surface area contributed by atoms with Crippen molar-refractivity contribution in [2.24, 2.45) is 0 Å². The summed E-state index contributed by atoms with van der Waals surface area (Å²) in [6.45, 7) is 6.72. The SMILES string of the molecule is CC(C)(C)c1ccc(-c2cccc(P)c2)cc1. The maximum absolute atomic E-state index is 2.74. The van der Waals surface area contributed by atoms with Crippen LogP contribution in [0.1, 0.15) is 26.3 Å². The van der Waals surface area contributed by atoms with Gasteiger partial charge in [0.1, 0.15) is 0 Å². The molecule has 0 spiro atoms. The van der Waals surface area contributed by atoms with Gasteiger partial charge in [-0.2, -0.15) is 0 Å². The fraction of sp³-hybridized carbons (Fsp3) is 0.250. The molecule has 2 aromatic carbocycles. The largest absolute Gasteiger partial charge is 0.106 e. The van der Waals surface area contributed by atoms with Crippen LogP contribution in [-0.4, -0.2) is 0 Å². The summed E-state index contributed by atoms with van der Waals surface area (Å²) in [6.07, 6.45) is 0. The van der Waals surface area contributed by atoms with Crippen LogP contribution in [-0.2, 0) is 5.41 Å². The first-order valence-electron chi connectivity index (χ1n) is 5.93. The van der Waals surface area contributed by atoms with Gasteiger partial charge in [-0.1, -0.05) is 63.2 Å². The van der Waals surface area contributed by atoms with Crippen LogP contribution in [0.5, 0.6) is 0 Å². The van der Waals surface area contributed by atoms with Crippen LogP contribution in [0.25, 0.3) is 11.1 Å². The molecule has 2 rings (SSSR count). The van der Waals surface area contributed by atoms with Crippen LogP contribution in [0.15, 0.2) is 48.5 Å². The molecule has 0 N–H and O–H groups in total. The zero-order valence-electron chi connectivity index (χ0n) is 10.7. The molecule has 1 unspecified atom stereocenters. The van der Waals surface area contributed by atoms with E-state index < -0.39 is 0 Å². The molecular formula is C16H19P. The van der Waals surface area contributed by atoms with Gasteiger partial charge in [-0.05, 0) is 33.5 Å². The van der Waals surface area contributed by atoms with E-state index in [0.29, 0.717) is 0 Å². The maximum atomic E-state index is 2.74. The van der Waals surface area contributed by atoms with E-state index in [9.17, 15) is 0 Å². The van der Waals surface area contributed by atoms with Crippen LogP contribution in [0.2, 0.25) is 0 Å². The molecule has 88 valence electrons. The molecule has 0 heterocycles. The normalized spacial score (nSPS) is 11.5. The van der Waals surface area contributed by atoms with Crippen molar-refractivity contribution >= 4 is 14.5 Å². The standard InChI is InChI=1S/C16H19P/c1-16(2,3)14-9-7-12(8-10-14)13-5-4-6-15(17)11-13/h4-11H,17H2,1-3H3. The average Bonchev–Trinajstić information content (AvgIpc) is 2.28. The van der Waals surface area contributed by atoms with Crippen LogP contribution in [0.3, 0.4) is 0 Å². The van der Waals surface area contributed by atoms with Crippen molar-refractivity contribution in [2.75, 3.05) is 0 Å². The first-order valence-corrected chi connectivity index (χ1v) is 6.51. The highest BCUT2D eigenvalue weighted by Gasteiger charge is 2.12. The fourth-order valence-electron chi connectivity index (χ4n) is 1.88. The highest BCUT2D eigenvalue weighted by atomic mass is 31.0. The second kappa shape index (κ2) is 4.63. The van der Waals surface area contributed by atoms with E-state index in [0.717, 1.165) is 0 Å². The van der Waals surface area contributed by atoms with Gasteiger partial charge in [-0.3, -0.25) is 0 Å². The van der Waals surface area contributed by atoms with E-state index in [1.807, 2.05) is 0 Å². The monoisotopic (exact) mass is 242 g/mol. The lowest BCUT2D eigenvalue weighted by atomic mass is 9.86. The van der Waals surface area contributed by atoms with Crippen LogP contribution >= 0.6 is 9.24 Å². The Morgan fingerprint density at radius 3 is 2.00 bits per heavy atom. The van der Waals surface area contributed by atoms with E-state index in [-0.39, 0.29) is 5.41 Å². The Kier molecular flexibility index (Phi) is 3.35. The van der Waals surface area contributed by atoms with Crippen LogP contribution in [0, 0.1) is 0 Å². The van der Waals surface area contributed by atoms with E-state index in [1.54, 1.807) is 0 Å². The zero-order valence-corrected chi connectivity index (χ0v) is 11.9. The Morgan fingerprint density at radius 2 is 1.47 bits per heavy atom. The maximum Gasteiger partial charge on any atom is -0.0132 e. The molecule has 0 aromatic heterocycles. The van der Waals surface area contributed by atoms with Crippen molar-refractivity contribution < 1.29 is 0 Å². The van der Waals surface area contributed by atoms with Gasteiger partial charge in [-0.15, -0.1) is 9.24 Å². The molecule has 0 nitrogen and oxygen atoms in total. The lowest BCUT2D eigenvalue weighted by Gasteiger charge is -2.19. The summed E-state index contributed by atoms with van der Waals surface area (Å²) in [5.74, 6) is 0. The number of hydrogen-bond acceptors (Lipinski definition) is 0. The summed E-state index contributed by atoms with van der Waals surface area (Å²) in [4.78, 5) is 0. The summed E-state index contributed by atoms with van der Waals surface area (Å²) in [7, 11) is 2.74. The zero-order chi connectivity index (χ0) is 12.5. The number of hydrogen-bond donors (Lipinski definition) is 0. The molecule has 1 heteroatoms. The summed E-state index contributed by atoms with van der Waals surface area (Å²) in [5, 5.41) is 1.22. The Morgan fingerprint density at radius 1 is 0.824 bits per heavy atom. The first-order chi connectivity index (χ1) is 7.97. The summed E-state index contributed by atoms with van der Waals surface area (Å²) in [6, 6.07) is 17.4. The lowest BCUT2D eigenvalue weighted by Crippen LogP contribution is -2.10. The molecule has 0 fully saturated rings. The van der Waals surface area contributed by atoms with Gasteiger partial charge in [0.2, 0.25) is 0 Å². The third kappa shape index (κ3) is 2.96. The van der Waals surface area contributed by atoms with Crippen molar-refractivity contribution in [2.45, 2.75) is 26.2 Å². The van der Waals surface area contributed by atoms with E-state index in [2.05, 4.69) is 78.5 Å². The topological polar surface area (TPSA) is 0 Å². The molecule has 0 saturated heterocycles. The van der Waals surface area contributed by atoms with Crippen molar-refractivity contribution in [3.8, 4) is 11.1 Å². The van der Waals surface area contributed by atoms with Gasteiger partial charge >= 0.3 is 0 Å². The van der Waals surface area contributed by atoms with Gasteiger partial charge in [0.15, 0.2) is 0 Å². The fourth-order valence-corrected chi connectivity index (χ4v) is 2.17. The van der Waals surface area contributed by atoms with Crippen molar-refractivity contribution in [3.05, 3.63) is 54.1 Å². The van der Waals surface area contributed by atoms with Gasteiger partial charge in [0, 0.05) is 0 Å².